The Hall–Kier alpha value is -2.74. The zero-order chi connectivity index (χ0) is 21.8. The minimum atomic E-state index is -3.85. The van der Waals surface area contributed by atoms with Crippen LogP contribution in [-0.2, 0) is 10.0 Å². The van der Waals surface area contributed by atoms with Crippen LogP contribution in [-0.4, -0.2) is 33.6 Å². The van der Waals surface area contributed by atoms with Crippen LogP contribution in [0.25, 0.3) is 0 Å². The molecular weight excluding hydrogens is 416 g/mol. The maximum atomic E-state index is 12.9. The van der Waals surface area contributed by atoms with Gasteiger partial charge in [0.15, 0.2) is 11.5 Å². The molecule has 8 heteroatoms. The fraction of sp³-hybridized carbons (Fsp3) is 0.435. The summed E-state index contributed by atoms with van der Waals surface area (Å²) >= 11 is 0. The number of hydrogen-bond donors (Lipinski definition) is 2. The van der Waals surface area contributed by atoms with Crippen molar-refractivity contribution in [3.63, 3.8) is 0 Å². The highest BCUT2D eigenvalue weighted by molar-refractivity contribution is 7.92. The first-order valence-electron chi connectivity index (χ1n) is 10.7. The van der Waals surface area contributed by atoms with E-state index in [9.17, 15) is 13.2 Å². The zero-order valence-corrected chi connectivity index (χ0v) is 18.4. The van der Waals surface area contributed by atoms with Crippen molar-refractivity contribution in [2.75, 3.05) is 17.9 Å². The zero-order valence-electron chi connectivity index (χ0n) is 17.6. The molecule has 31 heavy (non-hydrogen) atoms. The summed E-state index contributed by atoms with van der Waals surface area (Å²) in [6.45, 7) is 3.24. The number of carbonyl (C=O) groups is 1. The summed E-state index contributed by atoms with van der Waals surface area (Å²) in [5.74, 6) is 1.47. The molecule has 0 bridgehead atoms. The number of nitrogens with one attached hydrogen (secondary N) is 2. The summed E-state index contributed by atoms with van der Waals surface area (Å²) in [5, 5.41) is 3.07. The Labute approximate surface area is 183 Å². The molecule has 0 atom stereocenters. The standard InChI is InChI=1S/C23H28N2O5S/c1-16-6-8-18(9-7-16)24-23(26)17-4-2-5-19(14-17)25-31(27,28)20-10-11-21-22(15-20)30-13-3-12-29-21/h2,4-5,10-11,14-16,18,25H,3,6-9,12-13H2,1H3,(H,24,26). The number of sulfonamides is 1. The Morgan fingerprint density at radius 3 is 2.48 bits per heavy atom. The van der Waals surface area contributed by atoms with Gasteiger partial charge >= 0.3 is 0 Å². The van der Waals surface area contributed by atoms with Gasteiger partial charge in [-0.3, -0.25) is 9.52 Å². The Morgan fingerprint density at radius 2 is 1.71 bits per heavy atom. The maximum Gasteiger partial charge on any atom is 0.262 e. The lowest BCUT2D eigenvalue weighted by molar-refractivity contribution is 0.0923. The van der Waals surface area contributed by atoms with Crippen LogP contribution in [0.2, 0.25) is 0 Å². The van der Waals surface area contributed by atoms with Crippen LogP contribution in [0.3, 0.4) is 0 Å². The first-order valence-corrected chi connectivity index (χ1v) is 12.2. The fourth-order valence-electron chi connectivity index (χ4n) is 3.92. The summed E-state index contributed by atoms with van der Waals surface area (Å²) in [6.07, 6.45) is 4.91. The molecule has 0 aromatic heterocycles. The molecule has 0 spiro atoms. The molecule has 166 valence electrons. The first-order chi connectivity index (χ1) is 14.9. The van der Waals surface area contributed by atoms with Gasteiger partial charge in [0.1, 0.15) is 0 Å². The van der Waals surface area contributed by atoms with E-state index in [0.29, 0.717) is 41.9 Å². The first kappa shape index (κ1) is 21.5. The van der Waals surface area contributed by atoms with E-state index in [1.807, 2.05) is 0 Å². The van der Waals surface area contributed by atoms with Crippen LogP contribution >= 0.6 is 0 Å². The number of hydrogen-bond acceptors (Lipinski definition) is 5. The topological polar surface area (TPSA) is 93.7 Å². The highest BCUT2D eigenvalue weighted by atomic mass is 32.2. The van der Waals surface area contributed by atoms with Crippen LogP contribution in [0, 0.1) is 5.92 Å². The van der Waals surface area contributed by atoms with Crippen molar-refractivity contribution in [3.05, 3.63) is 48.0 Å². The van der Waals surface area contributed by atoms with Gasteiger partial charge < -0.3 is 14.8 Å². The van der Waals surface area contributed by atoms with Crippen molar-refractivity contribution in [1.29, 1.82) is 0 Å². The van der Waals surface area contributed by atoms with Crippen molar-refractivity contribution in [1.82, 2.24) is 5.32 Å². The molecule has 1 amide bonds. The number of fused-ring (bicyclic) bond motifs is 1. The van der Waals surface area contributed by atoms with Gasteiger partial charge in [-0.15, -0.1) is 0 Å². The predicted molar refractivity (Wildman–Crippen MR) is 118 cm³/mol. The van der Waals surface area contributed by atoms with Crippen molar-refractivity contribution >= 4 is 21.6 Å². The number of ether oxygens (including phenoxy) is 2. The molecule has 7 nitrogen and oxygen atoms in total. The van der Waals surface area contributed by atoms with Gasteiger partial charge in [-0.05, 0) is 61.9 Å². The van der Waals surface area contributed by atoms with Crippen molar-refractivity contribution < 1.29 is 22.7 Å². The quantitative estimate of drug-likeness (QED) is 0.728. The maximum absolute atomic E-state index is 12.9. The smallest absolute Gasteiger partial charge is 0.262 e. The Morgan fingerprint density at radius 1 is 0.968 bits per heavy atom. The molecule has 2 aromatic carbocycles. The van der Waals surface area contributed by atoms with Gasteiger partial charge in [-0.2, -0.15) is 0 Å². The summed E-state index contributed by atoms with van der Waals surface area (Å²) in [4.78, 5) is 12.7. The van der Waals surface area contributed by atoms with Crippen LogP contribution in [0.5, 0.6) is 11.5 Å². The number of carbonyl (C=O) groups excluding carboxylic acids is 1. The number of amides is 1. The normalized spacial score (nSPS) is 21.1. The molecular formula is C23H28N2O5S. The third-order valence-corrected chi connectivity index (χ3v) is 7.14. The SMILES string of the molecule is CC1CCC(NC(=O)c2cccc(NS(=O)(=O)c3ccc4c(c3)OCCCO4)c2)CC1. The molecule has 1 heterocycles. The van der Waals surface area contributed by atoms with E-state index in [4.69, 9.17) is 9.47 Å². The van der Waals surface area contributed by atoms with E-state index < -0.39 is 10.0 Å². The molecule has 1 aliphatic carbocycles. The van der Waals surface area contributed by atoms with E-state index in [1.54, 1.807) is 30.3 Å². The Bertz CT molecular complexity index is 1050. The largest absolute Gasteiger partial charge is 0.490 e. The average molecular weight is 445 g/mol. The number of anilines is 1. The van der Waals surface area contributed by atoms with E-state index in [0.717, 1.165) is 32.1 Å². The van der Waals surface area contributed by atoms with Crippen molar-refractivity contribution in [3.8, 4) is 11.5 Å². The van der Waals surface area contributed by atoms with Crippen LogP contribution in [0.1, 0.15) is 49.4 Å². The van der Waals surface area contributed by atoms with Gasteiger partial charge in [0.25, 0.3) is 15.9 Å². The Kier molecular flexibility index (Phi) is 6.36. The van der Waals surface area contributed by atoms with Gasteiger partial charge in [0, 0.05) is 29.8 Å². The highest BCUT2D eigenvalue weighted by Crippen LogP contribution is 2.32. The second-order valence-electron chi connectivity index (χ2n) is 8.28. The highest BCUT2D eigenvalue weighted by Gasteiger charge is 2.22. The van der Waals surface area contributed by atoms with Crippen LogP contribution in [0.4, 0.5) is 5.69 Å². The minimum Gasteiger partial charge on any atom is -0.490 e. The van der Waals surface area contributed by atoms with Crippen molar-refractivity contribution in [2.24, 2.45) is 5.92 Å². The lowest BCUT2D eigenvalue weighted by Crippen LogP contribution is -2.37. The summed E-state index contributed by atoms with van der Waals surface area (Å²) in [6, 6.07) is 11.3. The lowest BCUT2D eigenvalue weighted by atomic mass is 9.87. The number of rotatable bonds is 5. The van der Waals surface area contributed by atoms with Gasteiger partial charge in [-0.25, -0.2) is 8.42 Å². The van der Waals surface area contributed by atoms with Gasteiger partial charge in [-0.1, -0.05) is 13.0 Å². The third kappa shape index (κ3) is 5.31. The van der Waals surface area contributed by atoms with Crippen molar-refractivity contribution in [2.45, 2.75) is 50.0 Å². The summed E-state index contributed by atoms with van der Waals surface area (Å²) < 4.78 is 39.5. The van der Waals surface area contributed by atoms with Gasteiger partial charge in [0.05, 0.1) is 18.1 Å². The molecule has 2 N–H and O–H groups in total. The van der Waals surface area contributed by atoms with E-state index in [1.165, 1.54) is 12.1 Å². The summed E-state index contributed by atoms with van der Waals surface area (Å²) in [5.41, 5.74) is 0.759. The Balaban J connectivity index is 1.46. The van der Waals surface area contributed by atoms with Crippen LogP contribution < -0.4 is 19.5 Å². The molecule has 1 aliphatic heterocycles. The molecule has 0 saturated heterocycles. The average Bonchev–Trinajstić information content (AvgIpc) is 3.00. The molecule has 0 unspecified atom stereocenters. The molecule has 2 aliphatic rings. The second-order valence-corrected chi connectivity index (χ2v) is 9.96. The molecule has 0 radical (unpaired) electrons. The van der Waals surface area contributed by atoms with Crippen LogP contribution in [0.15, 0.2) is 47.4 Å². The molecule has 2 aromatic rings. The van der Waals surface area contributed by atoms with E-state index >= 15 is 0 Å². The van der Waals surface area contributed by atoms with E-state index in [-0.39, 0.29) is 16.8 Å². The molecule has 4 rings (SSSR count). The summed E-state index contributed by atoms with van der Waals surface area (Å²) in [7, 11) is -3.85. The van der Waals surface area contributed by atoms with E-state index in [2.05, 4.69) is 17.0 Å². The third-order valence-electron chi connectivity index (χ3n) is 5.76. The minimum absolute atomic E-state index is 0.0722. The lowest BCUT2D eigenvalue weighted by Gasteiger charge is -2.27. The molecule has 1 saturated carbocycles. The van der Waals surface area contributed by atoms with Gasteiger partial charge in [0.2, 0.25) is 0 Å². The fourth-order valence-corrected chi connectivity index (χ4v) is 4.99. The molecule has 1 fully saturated rings. The number of benzene rings is 2. The second kappa shape index (κ2) is 9.18. The predicted octanol–water partition coefficient (Wildman–Crippen LogP) is 3.96. The monoisotopic (exact) mass is 444 g/mol.